The average Bonchev–Trinajstić information content (AvgIpc) is 2.29. The molecule has 0 aromatic heterocycles. The first-order chi connectivity index (χ1) is 8.83. The van der Waals surface area contributed by atoms with E-state index in [9.17, 15) is 19.2 Å². The predicted molar refractivity (Wildman–Crippen MR) is 62.3 cm³/mol. The molecule has 8 nitrogen and oxygen atoms in total. The molecule has 0 saturated carbocycles. The lowest BCUT2D eigenvalue weighted by molar-refractivity contribution is 0.196. The van der Waals surface area contributed by atoms with Crippen molar-refractivity contribution in [2.75, 3.05) is 0 Å². The van der Waals surface area contributed by atoms with Crippen molar-refractivity contribution in [2.24, 2.45) is 0 Å². The standard InChI is InChI=1S/C10H8O8Si/c11-7(12)19(8(13)14,9(15)16)10(17)18-6-4-2-1-3-5-6/h1-5H,(H,11,12)(H,13,14)(H,15,16). The van der Waals surface area contributed by atoms with E-state index in [-0.39, 0.29) is 5.75 Å². The van der Waals surface area contributed by atoms with E-state index < -0.39 is 30.4 Å². The zero-order valence-electron chi connectivity index (χ0n) is 9.27. The maximum absolute atomic E-state index is 11.7. The molecule has 0 aliphatic heterocycles. The van der Waals surface area contributed by atoms with Gasteiger partial charge in [0.2, 0.25) is 0 Å². The van der Waals surface area contributed by atoms with Gasteiger partial charge in [0, 0.05) is 0 Å². The van der Waals surface area contributed by atoms with Crippen molar-refractivity contribution in [3.8, 4) is 5.75 Å². The Morgan fingerprint density at radius 1 is 0.842 bits per heavy atom. The first-order valence-electron chi connectivity index (χ1n) is 4.81. The molecule has 1 aromatic carbocycles. The Labute approximate surface area is 106 Å². The smallest absolute Gasteiger partial charge is 0.484 e. The first kappa shape index (κ1) is 14.4. The number of hydrogen-bond donors (Lipinski definition) is 3. The molecular formula is C10H8O8Si. The van der Waals surface area contributed by atoms with E-state index in [1.807, 2.05) is 0 Å². The van der Waals surface area contributed by atoms with E-state index in [1.54, 1.807) is 6.07 Å². The molecule has 0 aliphatic carbocycles. The van der Waals surface area contributed by atoms with Gasteiger partial charge < -0.3 is 20.1 Å². The van der Waals surface area contributed by atoms with Gasteiger partial charge in [-0.2, -0.15) is 0 Å². The highest BCUT2D eigenvalue weighted by Crippen LogP contribution is 2.16. The SMILES string of the molecule is O=C(O)[Si](C(=O)O)(C(=O)O)C(=O)Oc1ccccc1. The second-order valence-corrected chi connectivity index (χ2v) is 6.56. The van der Waals surface area contributed by atoms with E-state index >= 15 is 0 Å². The number of ether oxygens (including phenoxy) is 1. The molecule has 0 unspecified atom stereocenters. The third-order valence-corrected chi connectivity index (χ3v) is 4.86. The fraction of sp³-hybridized carbons (Fsp3) is 0. The van der Waals surface area contributed by atoms with Gasteiger partial charge in [-0.1, -0.05) is 18.2 Å². The minimum Gasteiger partial charge on any atom is -0.484 e. The van der Waals surface area contributed by atoms with Crippen LogP contribution in [0, 0.1) is 0 Å². The van der Waals surface area contributed by atoms with Crippen LogP contribution >= 0.6 is 0 Å². The van der Waals surface area contributed by atoms with Crippen LogP contribution in [0.3, 0.4) is 0 Å². The van der Waals surface area contributed by atoms with E-state index in [2.05, 4.69) is 4.74 Å². The fourth-order valence-electron chi connectivity index (χ4n) is 1.21. The Hall–Kier alpha value is -2.68. The van der Waals surface area contributed by atoms with Gasteiger partial charge in [-0.05, 0) is 12.1 Å². The molecule has 1 rings (SSSR count). The van der Waals surface area contributed by atoms with Gasteiger partial charge >= 0.3 is 30.4 Å². The van der Waals surface area contributed by atoms with Crippen molar-refractivity contribution in [3.63, 3.8) is 0 Å². The number of para-hydroxylation sites is 1. The Bertz CT molecular complexity index is 502. The zero-order chi connectivity index (χ0) is 14.6. The maximum Gasteiger partial charge on any atom is 0.545 e. The topological polar surface area (TPSA) is 138 Å². The molecular weight excluding hydrogens is 276 g/mol. The van der Waals surface area contributed by atoms with Gasteiger partial charge in [-0.15, -0.1) is 0 Å². The number of carbonyl (C=O) groups is 4. The quantitative estimate of drug-likeness (QED) is 0.697. The van der Waals surface area contributed by atoms with E-state index in [1.165, 1.54) is 24.3 Å². The molecule has 100 valence electrons. The molecule has 0 fully saturated rings. The Morgan fingerprint density at radius 3 is 1.63 bits per heavy atom. The summed E-state index contributed by atoms with van der Waals surface area (Å²) in [5, 5.41) is 26.4. The summed E-state index contributed by atoms with van der Waals surface area (Å²) >= 11 is 0. The van der Waals surface area contributed by atoms with Gasteiger partial charge in [0.15, 0.2) is 0 Å². The zero-order valence-corrected chi connectivity index (χ0v) is 10.3. The molecule has 19 heavy (non-hydrogen) atoms. The van der Waals surface area contributed by atoms with Crippen molar-refractivity contribution in [1.82, 2.24) is 0 Å². The minimum atomic E-state index is -5.42. The van der Waals surface area contributed by atoms with Gasteiger partial charge in [-0.3, -0.25) is 19.2 Å². The Morgan fingerprint density at radius 2 is 1.26 bits per heavy atom. The van der Waals surface area contributed by atoms with Crippen molar-refractivity contribution in [3.05, 3.63) is 30.3 Å². The summed E-state index contributed by atoms with van der Waals surface area (Å²) in [6, 6.07) is 7.02. The number of carbonyl (C=O) groups excluding carboxylic acids is 1. The highest BCUT2D eigenvalue weighted by atomic mass is 28.3. The number of rotatable bonds is 5. The van der Waals surface area contributed by atoms with Crippen LogP contribution in [0.5, 0.6) is 5.75 Å². The van der Waals surface area contributed by atoms with Crippen LogP contribution in [-0.4, -0.2) is 45.8 Å². The van der Waals surface area contributed by atoms with Crippen LogP contribution in [0.4, 0.5) is 19.2 Å². The second kappa shape index (κ2) is 5.31. The van der Waals surface area contributed by atoms with Crippen molar-refractivity contribution in [1.29, 1.82) is 0 Å². The third kappa shape index (κ3) is 2.45. The lowest BCUT2D eigenvalue weighted by atomic mass is 10.3. The molecule has 1 aromatic rings. The lowest BCUT2D eigenvalue weighted by Crippen LogP contribution is -2.65. The Balaban J connectivity index is 3.20. The molecule has 0 spiro atoms. The second-order valence-electron chi connectivity index (χ2n) is 3.37. The summed E-state index contributed by atoms with van der Waals surface area (Å²) < 4.78 is 4.54. The van der Waals surface area contributed by atoms with E-state index in [0.29, 0.717) is 0 Å². The summed E-state index contributed by atoms with van der Waals surface area (Å²) in [5.41, 5.74) is -8.37. The Kier molecular flexibility index (Phi) is 4.02. The summed E-state index contributed by atoms with van der Waals surface area (Å²) in [6.07, 6.45) is 0. The molecule has 0 radical (unpaired) electrons. The number of benzene rings is 1. The van der Waals surface area contributed by atoms with Crippen molar-refractivity contribution >= 4 is 30.4 Å². The third-order valence-electron chi connectivity index (χ3n) is 2.22. The molecule has 0 saturated heterocycles. The van der Waals surface area contributed by atoms with E-state index in [0.717, 1.165) is 0 Å². The van der Waals surface area contributed by atoms with Gasteiger partial charge in [0.25, 0.3) is 0 Å². The lowest BCUT2D eigenvalue weighted by Gasteiger charge is -2.15. The first-order valence-corrected chi connectivity index (χ1v) is 6.81. The largest absolute Gasteiger partial charge is 0.545 e. The molecule has 0 bridgehead atoms. The normalized spacial score (nSPS) is 10.5. The molecule has 0 amide bonds. The summed E-state index contributed by atoms with van der Waals surface area (Å²) in [5.74, 6) is -0.131. The molecule has 9 heteroatoms. The van der Waals surface area contributed by atoms with Gasteiger partial charge in [-0.25, -0.2) is 0 Å². The van der Waals surface area contributed by atoms with Crippen LogP contribution in [0.2, 0.25) is 0 Å². The molecule has 3 N–H and O–H groups in total. The number of carboxylic acid groups (broad SMARTS) is 3. The van der Waals surface area contributed by atoms with Gasteiger partial charge in [0.1, 0.15) is 5.75 Å². The van der Waals surface area contributed by atoms with E-state index in [4.69, 9.17) is 15.3 Å². The summed E-state index contributed by atoms with van der Waals surface area (Å²) in [6.45, 7) is 0. The van der Waals surface area contributed by atoms with Crippen LogP contribution in [0.15, 0.2) is 30.3 Å². The molecule has 0 atom stereocenters. The van der Waals surface area contributed by atoms with Crippen molar-refractivity contribution < 1.29 is 39.2 Å². The summed E-state index contributed by atoms with van der Waals surface area (Å²) in [7, 11) is -5.42. The molecule has 0 heterocycles. The fourth-order valence-corrected chi connectivity index (χ4v) is 2.55. The van der Waals surface area contributed by atoms with Crippen molar-refractivity contribution in [2.45, 2.75) is 0 Å². The molecule has 0 aliphatic rings. The highest BCUT2D eigenvalue weighted by Gasteiger charge is 2.69. The predicted octanol–water partition coefficient (Wildman–Crippen LogP) is 1.99. The highest BCUT2D eigenvalue weighted by molar-refractivity contribution is 7.51. The van der Waals surface area contributed by atoms with Crippen LogP contribution < -0.4 is 4.74 Å². The van der Waals surface area contributed by atoms with Crippen LogP contribution in [0.25, 0.3) is 0 Å². The summed E-state index contributed by atoms with van der Waals surface area (Å²) in [4.78, 5) is 44.5. The monoisotopic (exact) mass is 284 g/mol. The average molecular weight is 284 g/mol. The van der Waals surface area contributed by atoms with Crippen LogP contribution in [0.1, 0.15) is 0 Å². The van der Waals surface area contributed by atoms with Crippen LogP contribution in [-0.2, 0) is 0 Å². The van der Waals surface area contributed by atoms with Gasteiger partial charge in [0.05, 0.1) is 0 Å². The minimum absolute atomic E-state index is 0.131. The maximum atomic E-state index is 11.7. The number of hydrogen-bond acceptors (Lipinski definition) is 5.